The first-order valence-electron chi connectivity index (χ1n) is 7.11. The number of hydrogen-bond acceptors (Lipinski definition) is 2. The Bertz CT molecular complexity index is 571. The van der Waals surface area contributed by atoms with Crippen molar-refractivity contribution in [1.29, 1.82) is 0 Å². The van der Waals surface area contributed by atoms with E-state index in [1.807, 2.05) is 0 Å². The fourth-order valence-corrected chi connectivity index (χ4v) is 2.28. The van der Waals surface area contributed by atoms with Crippen LogP contribution in [0.2, 0.25) is 0 Å². The van der Waals surface area contributed by atoms with Gasteiger partial charge in [0.2, 0.25) is 0 Å². The van der Waals surface area contributed by atoms with Gasteiger partial charge in [0.1, 0.15) is 0 Å². The second kappa shape index (κ2) is 5.70. The van der Waals surface area contributed by atoms with E-state index in [0.717, 1.165) is 17.8 Å². The van der Waals surface area contributed by atoms with Gasteiger partial charge in [0.25, 0.3) is 0 Å². The zero-order valence-corrected chi connectivity index (χ0v) is 12.6. The lowest BCUT2D eigenvalue weighted by atomic mass is 9.98. The Morgan fingerprint density at radius 3 is 2.47 bits per heavy atom. The molecule has 0 aliphatic heterocycles. The third-order valence-electron chi connectivity index (χ3n) is 3.41. The molecule has 1 aromatic heterocycles. The van der Waals surface area contributed by atoms with Crippen LogP contribution in [-0.2, 0) is 6.54 Å². The van der Waals surface area contributed by atoms with Crippen LogP contribution in [0.3, 0.4) is 0 Å². The molecule has 2 nitrogen and oxygen atoms in total. The predicted molar refractivity (Wildman–Crippen MR) is 82.5 cm³/mol. The van der Waals surface area contributed by atoms with Gasteiger partial charge in [-0.2, -0.15) is 0 Å². The highest BCUT2D eigenvalue weighted by atomic mass is 14.9. The van der Waals surface area contributed by atoms with E-state index in [0.29, 0.717) is 12.0 Å². The first-order chi connectivity index (χ1) is 8.97. The summed E-state index contributed by atoms with van der Waals surface area (Å²) >= 11 is 0. The zero-order chi connectivity index (χ0) is 14.0. The van der Waals surface area contributed by atoms with Gasteiger partial charge in [-0.25, -0.2) is 0 Å². The van der Waals surface area contributed by atoms with E-state index in [9.17, 15) is 0 Å². The quantitative estimate of drug-likeness (QED) is 0.888. The Hall–Kier alpha value is -1.41. The van der Waals surface area contributed by atoms with E-state index in [4.69, 9.17) is 0 Å². The molecule has 0 saturated heterocycles. The first-order valence-corrected chi connectivity index (χ1v) is 7.11. The van der Waals surface area contributed by atoms with Gasteiger partial charge in [-0.3, -0.25) is 4.98 Å². The van der Waals surface area contributed by atoms with Crippen LogP contribution in [-0.4, -0.2) is 11.0 Å². The molecular formula is C17H24N2. The molecular weight excluding hydrogens is 232 g/mol. The summed E-state index contributed by atoms with van der Waals surface area (Å²) in [6.07, 6.45) is 0. The maximum atomic E-state index is 4.64. The van der Waals surface area contributed by atoms with Crippen molar-refractivity contribution in [2.24, 2.45) is 0 Å². The standard InChI is InChI=1S/C17H24N2/c1-11(2)14-6-7-17-16(9-14)15(8-13(5)19-17)10-18-12(3)4/h6-9,11-12,18H,10H2,1-5H3. The van der Waals surface area contributed by atoms with Gasteiger partial charge >= 0.3 is 0 Å². The fraction of sp³-hybridized carbons (Fsp3) is 0.471. The number of nitrogens with one attached hydrogen (secondary N) is 1. The minimum absolute atomic E-state index is 0.497. The molecule has 102 valence electrons. The smallest absolute Gasteiger partial charge is 0.0708 e. The molecule has 0 atom stereocenters. The van der Waals surface area contributed by atoms with Gasteiger partial charge in [-0.15, -0.1) is 0 Å². The molecule has 1 heterocycles. The molecule has 0 radical (unpaired) electrons. The Morgan fingerprint density at radius 1 is 1.11 bits per heavy atom. The highest BCUT2D eigenvalue weighted by molar-refractivity contribution is 5.83. The average molecular weight is 256 g/mol. The molecule has 1 N–H and O–H groups in total. The van der Waals surface area contributed by atoms with Crippen molar-refractivity contribution in [2.75, 3.05) is 0 Å². The molecule has 0 amide bonds. The number of aryl methyl sites for hydroxylation is 1. The van der Waals surface area contributed by atoms with Crippen molar-refractivity contribution in [1.82, 2.24) is 10.3 Å². The average Bonchev–Trinajstić information content (AvgIpc) is 2.35. The first kappa shape index (κ1) is 14.0. The van der Waals surface area contributed by atoms with Gasteiger partial charge in [0.15, 0.2) is 0 Å². The maximum Gasteiger partial charge on any atom is 0.0708 e. The van der Waals surface area contributed by atoms with Gasteiger partial charge in [0, 0.05) is 23.7 Å². The number of benzene rings is 1. The van der Waals surface area contributed by atoms with Crippen LogP contribution in [0.15, 0.2) is 24.3 Å². The third-order valence-corrected chi connectivity index (χ3v) is 3.41. The number of pyridine rings is 1. The number of fused-ring (bicyclic) bond motifs is 1. The molecule has 0 bridgehead atoms. The molecule has 2 aromatic rings. The molecule has 2 rings (SSSR count). The summed E-state index contributed by atoms with van der Waals surface area (Å²) in [5, 5.41) is 4.78. The maximum absolute atomic E-state index is 4.64. The van der Waals surface area contributed by atoms with E-state index in [-0.39, 0.29) is 0 Å². The van der Waals surface area contributed by atoms with E-state index in [1.54, 1.807) is 0 Å². The summed E-state index contributed by atoms with van der Waals surface area (Å²) in [7, 11) is 0. The van der Waals surface area contributed by atoms with Crippen molar-refractivity contribution in [3.8, 4) is 0 Å². The van der Waals surface area contributed by atoms with E-state index in [2.05, 4.69) is 69.2 Å². The van der Waals surface area contributed by atoms with Crippen molar-refractivity contribution in [3.05, 3.63) is 41.1 Å². The monoisotopic (exact) mass is 256 g/mol. The van der Waals surface area contributed by atoms with Crippen molar-refractivity contribution >= 4 is 10.9 Å². The highest BCUT2D eigenvalue weighted by Crippen LogP contribution is 2.24. The number of aromatic nitrogens is 1. The van der Waals surface area contributed by atoms with Gasteiger partial charge in [0.05, 0.1) is 5.52 Å². The normalized spacial score (nSPS) is 11.7. The van der Waals surface area contributed by atoms with E-state index >= 15 is 0 Å². The molecule has 1 aromatic carbocycles. The lowest BCUT2D eigenvalue weighted by Gasteiger charge is -2.13. The summed E-state index contributed by atoms with van der Waals surface area (Å²) in [5.74, 6) is 0.552. The number of rotatable bonds is 4. The molecule has 0 saturated carbocycles. The van der Waals surface area contributed by atoms with Crippen LogP contribution in [0.1, 0.15) is 50.4 Å². The second-order valence-electron chi connectivity index (χ2n) is 5.89. The van der Waals surface area contributed by atoms with Crippen LogP contribution in [0.4, 0.5) is 0 Å². The molecule has 0 aliphatic rings. The third kappa shape index (κ3) is 3.32. The molecule has 2 heteroatoms. The fourth-order valence-electron chi connectivity index (χ4n) is 2.28. The zero-order valence-electron chi connectivity index (χ0n) is 12.6. The summed E-state index contributed by atoms with van der Waals surface area (Å²) in [6.45, 7) is 11.8. The molecule has 0 fully saturated rings. The summed E-state index contributed by atoms with van der Waals surface area (Å²) in [4.78, 5) is 4.64. The Morgan fingerprint density at radius 2 is 1.84 bits per heavy atom. The predicted octanol–water partition coefficient (Wildman–Crippen LogP) is 4.16. The van der Waals surface area contributed by atoms with Crippen molar-refractivity contribution in [2.45, 2.75) is 53.1 Å². The van der Waals surface area contributed by atoms with Crippen LogP contribution in [0, 0.1) is 6.92 Å². The topological polar surface area (TPSA) is 24.9 Å². The lowest BCUT2D eigenvalue weighted by Crippen LogP contribution is -2.22. The second-order valence-corrected chi connectivity index (χ2v) is 5.89. The Balaban J connectivity index is 2.49. The number of hydrogen-bond donors (Lipinski definition) is 1. The van der Waals surface area contributed by atoms with Gasteiger partial charge in [-0.05, 0) is 42.2 Å². The summed E-state index contributed by atoms with van der Waals surface area (Å²) in [6, 6.07) is 9.33. The van der Waals surface area contributed by atoms with Crippen molar-refractivity contribution in [3.63, 3.8) is 0 Å². The van der Waals surface area contributed by atoms with Gasteiger partial charge in [-0.1, -0.05) is 33.8 Å². The minimum Gasteiger partial charge on any atom is -0.310 e. The van der Waals surface area contributed by atoms with E-state index < -0.39 is 0 Å². The Labute approximate surface area is 116 Å². The largest absolute Gasteiger partial charge is 0.310 e. The van der Waals surface area contributed by atoms with Gasteiger partial charge < -0.3 is 5.32 Å². The van der Waals surface area contributed by atoms with Crippen LogP contribution >= 0.6 is 0 Å². The van der Waals surface area contributed by atoms with Crippen LogP contribution < -0.4 is 5.32 Å². The summed E-state index contributed by atoms with van der Waals surface area (Å²) in [5.41, 5.74) is 4.91. The molecule has 0 unspecified atom stereocenters. The SMILES string of the molecule is Cc1cc(CNC(C)C)c2cc(C(C)C)ccc2n1. The lowest BCUT2D eigenvalue weighted by molar-refractivity contribution is 0.590. The Kier molecular flexibility index (Phi) is 4.20. The van der Waals surface area contributed by atoms with Crippen molar-refractivity contribution < 1.29 is 0 Å². The van der Waals surface area contributed by atoms with E-state index in [1.165, 1.54) is 16.5 Å². The van der Waals surface area contributed by atoms with Crippen LogP contribution in [0.5, 0.6) is 0 Å². The summed E-state index contributed by atoms with van der Waals surface area (Å²) < 4.78 is 0. The molecule has 19 heavy (non-hydrogen) atoms. The number of nitrogens with zero attached hydrogens (tertiary/aromatic N) is 1. The van der Waals surface area contributed by atoms with Crippen LogP contribution in [0.25, 0.3) is 10.9 Å². The minimum atomic E-state index is 0.497. The molecule has 0 spiro atoms. The highest BCUT2D eigenvalue weighted by Gasteiger charge is 2.07. The molecule has 0 aliphatic carbocycles.